The van der Waals surface area contributed by atoms with E-state index in [0.717, 1.165) is 18.5 Å². The summed E-state index contributed by atoms with van der Waals surface area (Å²) in [7, 11) is 0. The number of fused-ring (bicyclic) bond motifs is 1. The summed E-state index contributed by atoms with van der Waals surface area (Å²) in [5.41, 5.74) is 5.65. The number of hydrogen-bond acceptors (Lipinski definition) is 6. The molecule has 1 aliphatic heterocycles. The molecule has 1 atom stereocenters. The molecule has 0 bridgehead atoms. The number of piperidine rings is 1. The summed E-state index contributed by atoms with van der Waals surface area (Å²) in [4.78, 5) is 35.6. The van der Waals surface area contributed by atoms with Gasteiger partial charge >= 0.3 is 12.1 Å². The van der Waals surface area contributed by atoms with Gasteiger partial charge in [-0.05, 0) is 38.5 Å². The Hall–Kier alpha value is -3.20. The van der Waals surface area contributed by atoms with E-state index in [9.17, 15) is 22.8 Å². The molecule has 2 aliphatic carbocycles. The van der Waals surface area contributed by atoms with Gasteiger partial charge in [0.25, 0.3) is 0 Å². The second-order valence-electron chi connectivity index (χ2n) is 9.13. The third-order valence-corrected chi connectivity index (χ3v) is 6.83. The molecule has 34 heavy (non-hydrogen) atoms. The molecule has 9 nitrogen and oxygen atoms in total. The lowest BCUT2D eigenvalue weighted by atomic mass is 9.93. The number of aromatic amines is 1. The van der Waals surface area contributed by atoms with Crippen molar-refractivity contribution in [1.29, 1.82) is 5.26 Å². The Balaban J connectivity index is 0.000000165. The Labute approximate surface area is 193 Å². The number of nitriles is 1. The number of likely N-dealkylation sites (tertiary alicyclic amines) is 1. The average molecular weight is 478 g/mol. The fraction of sp³-hybridized carbons (Fsp3) is 0.591. The summed E-state index contributed by atoms with van der Waals surface area (Å²) in [5.74, 6) is -1.23. The van der Waals surface area contributed by atoms with Crippen molar-refractivity contribution in [2.45, 2.75) is 56.7 Å². The molecular formula is C22H25F3N6O3. The standard InChI is InChI=1S/C12H16F3N3O.C10H9N3O2/c13-12(14,15)11(3-4-11)9(17)10(19)18-5-1-8(7-16)2-6-18;14-10(15)6-3-11-9-8(6)13-7(4-12-9)5-1-2-5/h8-9H,1-6,17H2;3-5H,1-2H2,(H,11,12)(H,14,15)/t9-;/m0./s1. The summed E-state index contributed by atoms with van der Waals surface area (Å²) in [6.07, 6.45) is 1.87. The molecule has 1 amide bonds. The van der Waals surface area contributed by atoms with Crippen LogP contribution in [0.1, 0.15) is 60.5 Å². The molecule has 0 unspecified atom stereocenters. The molecule has 0 aromatic carbocycles. The first kappa shape index (κ1) is 23.9. The van der Waals surface area contributed by atoms with Gasteiger partial charge in [0.05, 0.1) is 29.4 Å². The normalized spacial score (nSPS) is 20.7. The summed E-state index contributed by atoms with van der Waals surface area (Å²) in [5, 5.41) is 17.7. The number of aromatic nitrogens is 3. The van der Waals surface area contributed by atoms with Crippen LogP contribution in [-0.4, -0.2) is 62.1 Å². The van der Waals surface area contributed by atoms with Crippen LogP contribution in [0.2, 0.25) is 0 Å². The van der Waals surface area contributed by atoms with Gasteiger partial charge in [-0.15, -0.1) is 0 Å². The van der Waals surface area contributed by atoms with Crippen LogP contribution in [0.3, 0.4) is 0 Å². The van der Waals surface area contributed by atoms with Gasteiger partial charge in [-0.3, -0.25) is 4.79 Å². The third kappa shape index (κ3) is 4.57. The van der Waals surface area contributed by atoms with E-state index in [1.54, 1.807) is 6.20 Å². The van der Waals surface area contributed by atoms with Crippen LogP contribution in [0.25, 0.3) is 11.2 Å². The van der Waals surface area contributed by atoms with Crippen LogP contribution >= 0.6 is 0 Å². The number of rotatable bonds is 4. The predicted octanol–water partition coefficient (Wildman–Crippen LogP) is 2.95. The number of nitrogens with one attached hydrogen (secondary N) is 1. The Morgan fingerprint density at radius 3 is 2.41 bits per heavy atom. The van der Waals surface area contributed by atoms with Gasteiger partial charge in [0.15, 0.2) is 5.65 Å². The Morgan fingerprint density at radius 1 is 1.26 bits per heavy atom. The van der Waals surface area contributed by atoms with E-state index in [1.165, 1.54) is 11.1 Å². The number of aromatic carboxylic acids is 1. The average Bonchev–Trinajstić information content (AvgIpc) is 3.74. The minimum atomic E-state index is -4.42. The number of carbonyl (C=O) groups excluding carboxylic acids is 1. The van der Waals surface area contributed by atoms with Crippen molar-refractivity contribution < 1.29 is 27.9 Å². The first-order chi connectivity index (χ1) is 16.1. The van der Waals surface area contributed by atoms with E-state index in [1.807, 2.05) is 0 Å². The number of carboxylic acids is 1. The fourth-order valence-corrected chi connectivity index (χ4v) is 4.21. The summed E-state index contributed by atoms with van der Waals surface area (Å²) >= 11 is 0. The van der Waals surface area contributed by atoms with Crippen LogP contribution in [0.4, 0.5) is 13.2 Å². The molecule has 5 rings (SSSR count). The lowest BCUT2D eigenvalue weighted by Crippen LogP contribution is -2.54. The van der Waals surface area contributed by atoms with Gasteiger partial charge in [0.2, 0.25) is 5.91 Å². The Kier molecular flexibility index (Phi) is 6.24. The number of carboxylic acid groups (broad SMARTS) is 1. The number of nitrogens with two attached hydrogens (primary N) is 1. The number of alkyl halides is 3. The molecule has 0 radical (unpaired) electrons. The quantitative estimate of drug-likeness (QED) is 0.612. The molecule has 2 aromatic rings. The van der Waals surface area contributed by atoms with E-state index in [-0.39, 0.29) is 24.3 Å². The highest BCUT2D eigenvalue weighted by atomic mass is 19.4. The maximum Gasteiger partial charge on any atom is 0.396 e. The molecule has 3 aliphatic rings. The lowest BCUT2D eigenvalue weighted by molar-refractivity contribution is -0.197. The van der Waals surface area contributed by atoms with E-state index >= 15 is 0 Å². The van der Waals surface area contributed by atoms with Crippen molar-refractivity contribution in [2.75, 3.05) is 13.1 Å². The van der Waals surface area contributed by atoms with Crippen molar-refractivity contribution in [1.82, 2.24) is 19.9 Å². The number of H-pyrrole nitrogens is 1. The molecule has 4 N–H and O–H groups in total. The first-order valence-corrected chi connectivity index (χ1v) is 11.2. The van der Waals surface area contributed by atoms with Crippen molar-refractivity contribution in [3.05, 3.63) is 23.7 Å². The van der Waals surface area contributed by atoms with Gasteiger partial charge in [0.1, 0.15) is 11.1 Å². The molecule has 0 spiro atoms. The zero-order valence-corrected chi connectivity index (χ0v) is 18.3. The minimum Gasteiger partial charge on any atom is -0.478 e. The molecular weight excluding hydrogens is 453 g/mol. The third-order valence-electron chi connectivity index (χ3n) is 6.83. The molecule has 182 valence electrons. The van der Waals surface area contributed by atoms with Crippen LogP contribution < -0.4 is 5.73 Å². The van der Waals surface area contributed by atoms with Crippen LogP contribution in [0.5, 0.6) is 0 Å². The SMILES string of the molecule is N#CC1CCN(C(=O)[C@H](N)C2(C(F)(F)F)CC2)CC1.O=C(O)c1c[nH]c2ncc(C3CC3)nc12. The van der Waals surface area contributed by atoms with Crippen molar-refractivity contribution in [2.24, 2.45) is 17.1 Å². The number of nitrogens with zero attached hydrogens (tertiary/aromatic N) is 4. The van der Waals surface area contributed by atoms with Crippen LogP contribution in [-0.2, 0) is 4.79 Å². The number of hydrogen-bond donors (Lipinski definition) is 3. The van der Waals surface area contributed by atoms with Gasteiger partial charge < -0.3 is 20.7 Å². The zero-order valence-electron chi connectivity index (χ0n) is 18.3. The van der Waals surface area contributed by atoms with Crippen molar-refractivity contribution in [3.8, 4) is 6.07 Å². The zero-order chi connectivity index (χ0) is 24.7. The number of carbonyl (C=O) groups is 2. The Morgan fingerprint density at radius 2 is 1.91 bits per heavy atom. The van der Waals surface area contributed by atoms with Crippen molar-refractivity contribution >= 4 is 23.0 Å². The largest absolute Gasteiger partial charge is 0.478 e. The fourth-order valence-electron chi connectivity index (χ4n) is 4.21. The lowest BCUT2D eigenvalue weighted by Gasteiger charge is -2.34. The second-order valence-corrected chi connectivity index (χ2v) is 9.13. The van der Waals surface area contributed by atoms with E-state index in [0.29, 0.717) is 43.0 Å². The molecule has 2 saturated carbocycles. The number of amides is 1. The maximum absolute atomic E-state index is 12.9. The van der Waals surface area contributed by atoms with Crippen molar-refractivity contribution in [3.63, 3.8) is 0 Å². The molecule has 12 heteroatoms. The maximum atomic E-state index is 12.9. The predicted molar refractivity (Wildman–Crippen MR) is 113 cm³/mol. The van der Waals surface area contributed by atoms with Gasteiger partial charge in [-0.1, -0.05) is 0 Å². The van der Waals surface area contributed by atoms with Gasteiger partial charge in [0, 0.05) is 31.1 Å². The summed E-state index contributed by atoms with van der Waals surface area (Å²) in [6.45, 7) is 0.636. The first-order valence-electron chi connectivity index (χ1n) is 11.2. The van der Waals surface area contributed by atoms with Crippen LogP contribution in [0.15, 0.2) is 12.4 Å². The van der Waals surface area contributed by atoms with E-state index in [2.05, 4.69) is 21.0 Å². The minimum absolute atomic E-state index is 0.0714. The number of halogens is 3. The molecule has 2 aromatic heterocycles. The summed E-state index contributed by atoms with van der Waals surface area (Å²) in [6, 6.07) is 0.602. The Bertz CT molecular complexity index is 1130. The van der Waals surface area contributed by atoms with E-state index < -0.39 is 29.5 Å². The highest BCUT2D eigenvalue weighted by molar-refractivity contribution is 6.00. The van der Waals surface area contributed by atoms with E-state index in [4.69, 9.17) is 16.1 Å². The smallest absolute Gasteiger partial charge is 0.396 e. The molecule has 3 heterocycles. The second kappa shape index (κ2) is 8.87. The van der Waals surface area contributed by atoms with Gasteiger partial charge in [-0.2, -0.15) is 18.4 Å². The van der Waals surface area contributed by atoms with Gasteiger partial charge in [-0.25, -0.2) is 14.8 Å². The monoisotopic (exact) mass is 478 g/mol. The summed E-state index contributed by atoms with van der Waals surface area (Å²) < 4.78 is 38.7. The highest BCUT2D eigenvalue weighted by Crippen LogP contribution is 2.59. The van der Waals surface area contributed by atoms with Crippen LogP contribution in [0, 0.1) is 22.7 Å². The topological polar surface area (TPSA) is 149 Å². The molecule has 3 fully saturated rings. The highest BCUT2D eigenvalue weighted by Gasteiger charge is 2.68. The molecule has 1 saturated heterocycles.